The number of rotatable bonds is 1. The maximum atomic E-state index is 13.0. The van der Waals surface area contributed by atoms with E-state index in [2.05, 4.69) is 0 Å². The fourth-order valence-corrected chi connectivity index (χ4v) is 3.91. The molecule has 0 radical (unpaired) electrons. The van der Waals surface area contributed by atoms with E-state index in [4.69, 9.17) is 0 Å². The Morgan fingerprint density at radius 3 is 2.41 bits per heavy atom. The molecule has 0 fully saturated rings. The van der Waals surface area contributed by atoms with Crippen LogP contribution >= 0.6 is 22.9 Å². The Morgan fingerprint density at radius 1 is 1.24 bits per heavy atom. The Kier molecular flexibility index (Phi) is 4.10. The summed E-state index contributed by atoms with van der Waals surface area (Å²) in [6, 6.07) is 6.86. The quantitative estimate of drug-likeness (QED) is 0.618. The highest BCUT2D eigenvalue weighted by atomic mass is 35.5. The van der Waals surface area contributed by atoms with Crippen LogP contribution in [0.5, 0.6) is 0 Å². The van der Waals surface area contributed by atoms with Gasteiger partial charge >= 0.3 is 5.51 Å². The molecule has 0 bridgehead atoms. The van der Waals surface area contributed by atoms with E-state index in [1.165, 1.54) is 0 Å². The predicted octanol–water partition coefficient (Wildman–Crippen LogP) is 5.36. The van der Waals surface area contributed by atoms with Crippen molar-refractivity contribution in [3.63, 3.8) is 0 Å². The van der Waals surface area contributed by atoms with E-state index < -0.39 is 16.0 Å². The molecule has 0 aliphatic carbocycles. The molecule has 1 atom stereocenters. The lowest BCUT2D eigenvalue weighted by Gasteiger charge is -1.98. The summed E-state index contributed by atoms with van der Waals surface area (Å²) >= 11 is 0. The van der Waals surface area contributed by atoms with Crippen molar-refractivity contribution in [1.29, 1.82) is 0 Å². The lowest BCUT2D eigenvalue weighted by atomic mass is 10.1. The van der Waals surface area contributed by atoms with Gasteiger partial charge in [-0.1, -0.05) is 19.1 Å². The van der Waals surface area contributed by atoms with Crippen molar-refractivity contribution >= 4 is 33.0 Å². The molecular formula is C12H13ClF3S+. The molecule has 0 N–H and O–H groups in total. The van der Waals surface area contributed by atoms with Crippen LogP contribution in [0.2, 0.25) is 0 Å². The highest BCUT2D eigenvalue weighted by Crippen LogP contribution is 2.51. The van der Waals surface area contributed by atoms with Gasteiger partial charge in [0, 0.05) is 17.9 Å². The molecule has 1 aromatic carbocycles. The van der Waals surface area contributed by atoms with E-state index in [0.29, 0.717) is 16.0 Å². The van der Waals surface area contributed by atoms with Crippen molar-refractivity contribution in [1.82, 2.24) is 0 Å². The number of aryl methyl sites for hydroxylation is 2. The van der Waals surface area contributed by atoms with Gasteiger partial charge in [0.1, 0.15) is 0 Å². The van der Waals surface area contributed by atoms with Crippen LogP contribution in [0.1, 0.15) is 17.4 Å². The molecule has 0 amide bonds. The van der Waals surface area contributed by atoms with Crippen LogP contribution in [0.4, 0.5) is 13.2 Å². The lowest BCUT2D eigenvalue weighted by Crippen LogP contribution is -1.97. The molecule has 2 rings (SSSR count). The largest absolute Gasteiger partial charge is 0.600 e. The predicted molar refractivity (Wildman–Crippen MR) is 69.1 cm³/mol. The van der Waals surface area contributed by atoms with Gasteiger partial charge in [0.2, 0.25) is 0 Å². The van der Waals surface area contributed by atoms with Gasteiger partial charge in [0.25, 0.3) is 0 Å². The number of hydrogen-bond acceptors (Lipinski definition) is 0. The second-order valence-corrected chi connectivity index (χ2v) is 5.74. The third-order valence-electron chi connectivity index (χ3n) is 2.65. The topological polar surface area (TPSA) is 0 Å². The molecular weight excluding hydrogens is 269 g/mol. The zero-order valence-electron chi connectivity index (χ0n) is 9.47. The smallest absolute Gasteiger partial charge is 0.147 e. The van der Waals surface area contributed by atoms with Gasteiger partial charge in [-0.15, -0.1) is 25.6 Å². The monoisotopic (exact) mass is 281 g/mol. The van der Waals surface area contributed by atoms with Crippen LogP contribution in [0.25, 0.3) is 10.1 Å². The van der Waals surface area contributed by atoms with Crippen molar-refractivity contribution in [3.8, 4) is 0 Å². The third-order valence-corrected chi connectivity index (χ3v) is 4.84. The van der Waals surface area contributed by atoms with Gasteiger partial charge in [-0.05, 0) is 18.6 Å². The van der Waals surface area contributed by atoms with Gasteiger partial charge in [-0.3, -0.25) is 0 Å². The maximum absolute atomic E-state index is 13.0. The fourth-order valence-electron chi connectivity index (χ4n) is 1.90. The number of alkyl halides is 3. The zero-order valence-corrected chi connectivity index (χ0v) is 11.1. The van der Waals surface area contributed by atoms with Crippen LogP contribution in [0.3, 0.4) is 0 Å². The SMILES string of the molecule is CCc1cc2c(C)cccc2[s+]1C(F)(F)F.Cl. The number of hydrogen-bond donors (Lipinski definition) is 0. The van der Waals surface area contributed by atoms with Crippen LogP contribution < -0.4 is 0 Å². The highest BCUT2D eigenvalue weighted by molar-refractivity contribution is 7.38. The van der Waals surface area contributed by atoms with Crippen molar-refractivity contribution in [3.05, 3.63) is 34.7 Å². The summed E-state index contributed by atoms with van der Waals surface area (Å²) in [6.07, 6.45) is 0.455. The van der Waals surface area contributed by atoms with E-state index in [1.807, 2.05) is 13.0 Å². The first-order valence-corrected chi connectivity index (χ1v) is 6.29. The average Bonchev–Trinajstić information content (AvgIpc) is 2.57. The van der Waals surface area contributed by atoms with Gasteiger partial charge in [-0.25, -0.2) is 0 Å². The Morgan fingerprint density at radius 2 is 1.88 bits per heavy atom. The summed E-state index contributed by atoms with van der Waals surface area (Å²) in [4.78, 5) is 0.497. The first-order chi connectivity index (χ1) is 7.45. The molecule has 0 aliphatic heterocycles. The third kappa shape index (κ3) is 2.43. The van der Waals surface area contributed by atoms with Crippen LogP contribution in [-0.4, -0.2) is 0 Å². The standard InChI is InChI=1S/C12H12F3S.ClH/c1-3-9-7-10-8(2)5-4-6-11(10)16(9)12(13,14)15;/h4-7H,3H2,1-2H3;1H/q+1;. The average molecular weight is 282 g/mol. The second kappa shape index (κ2) is 4.86. The van der Waals surface area contributed by atoms with Gasteiger partial charge < -0.3 is 0 Å². The maximum Gasteiger partial charge on any atom is 0.600 e. The zero-order chi connectivity index (χ0) is 11.9. The molecule has 1 aromatic heterocycles. The Balaban J connectivity index is 0.00000144. The number of halogens is 4. The molecule has 1 unspecified atom stereocenters. The van der Waals surface area contributed by atoms with E-state index in [0.717, 1.165) is 10.9 Å². The molecule has 5 heteroatoms. The van der Waals surface area contributed by atoms with Crippen LogP contribution in [0, 0.1) is 6.92 Å². The first kappa shape index (κ1) is 14.3. The lowest BCUT2D eigenvalue weighted by molar-refractivity contribution is -0.0867. The van der Waals surface area contributed by atoms with Gasteiger partial charge in [0.15, 0.2) is 9.58 Å². The molecule has 94 valence electrons. The van der Waals surface area contributed by atoms with Gasteiger partial charge in [0.05, 0.1) is 10.5 Å². The molecule has 17 heavy (non-hydrogen) atoms. The summed E-state index contributed by atoms with van der Waals surface area (Å²) in [5.41, 5.74) is -3.23. The fraction of sp³-hybridized carbons (Fsp3) is 0.333. The molecule has 0 nitrogen and oxygen atoms in total. The Bertz CT molecular complexity index is 528. The minimum Gasteiger partial charge on any atom is -0.147 e. The molecule has 0 aliphatic rings. The summed E-state index contributed by atoms with van der Waals surface area (Å²) in [5, 5.41) is 0.764. The number of thiophene rings is 1. The molecule has 0 saturated heterocycles. The van der Waals surface area contributed by atoms with E-state index in [-0.39, 0.29) is 12.4 Å². The molecule has 2 aromatic rings. The summed E-state index contributed by atoms with van der Waals surface area (Å²) in [5.74, 6) is 0. The highest BCUT2D eigenvalue weighted by Gasteiger charge is 2.47. The van der Waals surface area contributed by atoms with E-state index in [9.17, 15) is 13.2 Å². The van der Waals surface area contributed by atoms with E-state index in [1.54, 1.807) is 25.1 Å². The van der Waals surface area contributed by atoms with Crippen LogP contribution in [-0.2, 0) is 11.9 Å². The van der Waals surface area contributed by atoms with Crippen molar-refractivity contribution in [2.45, 2.75) is 25.8 Å². The van der Waals surface area contributed by atoms with Crippen molar-refractivity contribution in [2.75, 3.05) is 0 Å². The molecule has 0 spiro atoms. The summed E-state index contributed by atoms with van der Waals surface area (Å²) in [7, 11) is -1.71. The van der Waals surface area contributed by atoms with Crippen LogP contribution in [0.15, 0.2) is 24.3 Å². The van der Waals surface area contributed by atoms with Crippen molar-refractivity contribution < 1.29 is 13.2 Å². The first-order valence-electron chi connectivity index (χ1n) is 5.06. The minimum atomic E-state index is -4.15. The number of fused-ring (bicyclic) bond motifs is 1. The van der Waals surface area contributed by atoms with Crippen molar-refractivity contribution in [2.24, 2.45) is 0 Å². The summed E-state index contributed by atoms with van der Waals surface area (Å²) in [6.45, 7) is 3.63. The Hall–Kier alpha value is -0.740. The Labute approximate surface area is 107 Å². The normalized spacial score (nSPS) is 12.6. The molecule has 0 saturated carbocycles. The van der Waals surface area contributed by atoms with Gasteiger partial charge in [-0.2, -0.15) is 0 Å². The second-order valence-electron chi connectivity index (χ2n) is 3.70. The number of benzene rings is 1. The summed E-state index contributed by atoms with van der Waals surface area (Å²) < 4.78 is 39.4. The van der Waals surface area contributed by atoms with E-state index >= 15 is 0 Å². The minimum absolute atomic E-state index is 0. The molecule has 1 heterocycles.